The van der Waals surface area contributed by atoms with Gasteiger partial charge in [-0.15, -0.1) is 0 Å². The average Bonchev–Trinajstić information content (AvgIpc) is 2.08. The van der Waals surface area contributed by atoms with E-state index in [0.717, 1.165) is 19.3 Å². The van der Waals surface area contributed by atoms with Crippen molar-refractivity contribution in [1.29, 1.82) is 0 Å². The van der Waals surface area contributed by atoms with Gasteiger partial charge in [0, 0.05) is 5.75 Å². The lowest BCUT2D eigenvalue weighted by molar-refractivity contribution is -0.115. The number of hydrogen-bond donors (Lipinski definition) is 3. The monoisotopic (exact) mass is 237 g/mol. The van der Waals surface area contributed by atoms with Gasteiger partial charge in [-0.05, 0) is 6.42 Å². The van der Waals surface area contributed by atoms with Crippen molar-refractivity contribution in [3.63, 3.8) is 0 Å². The highest BCUT2D eigenvalue weighted by Gasteiger charge is 2.14. The smallest absolute Gasteiger partial charge is 0.236 e. The van der Waals surface area contributed by atoms with E-state index in [2.05, 4.69) is 6.92 Å². The third-order valence-electron chi connectivity index (χ3n) is 2.20. The van der Waals surface area contributed by atoms with Crippen LogP contribution in [0.4, 0.5) is 0 Å². The molecule has 0 aliphatic carbocycles. The minimum Gasteiger partial charge on any atom is -0.368 e. The van der Waals surface area contributed by atoms with Gasteiger partial charge in [0.1, 0.15) is 5.75 Å². The maximum Gasteiger partial charge on any atom is 0.236 e. The molecule has 1 amide bonds. The minimum atomic E-state index is -2.75. The maximum atomic E-state index is 10.5. The van der Waals surface area contributed by atoms with Crippen LogP contribution >= 0.6 is 10.6 Å². The zero-order valence-corrected chi connectivity index (χ0v) is 10.3. The number of amides is 1. The Balaban J connectivity index is 3.44. The van der Waals surface area contributed by atoms with Gasteiger partial charge in [0.15, 0.2) is 0 Å². The van der Waals surface area contributed by atoms with Crippen LogP contribution in [-0.4, -0.2) is 26.5 Å². The summed E-state index contributed by atoms with van der Waals surface area (Å²) in [6.45, 7) is 2.16. The minimum absolute atomic E-state index is 0.290. The molecule has 92 valence electrons. The van der Waals surface area contributed by atoms with Gasteiger partial charge >= 0.3 is 0 Å². The van der Waals surface area contributed by atoms with E-state index in [9.17, 15) is 13.9 Å². The number of unbranched alkanes of at least 4 members (excludes halogenated alkanes) is 5. The highest BCUT2D eigenvalue weighted by atomic mass is 32.3. The van der Waals surface area contributed by atoms with Crippen molar-refractivity contribution in [2.45, 2.75) is 45.4 Å². The number of primary amides is 1. The molecule has 4 nitrogen and oxygen atoms in total. The maximum absolute atomic E-state index is 10.5. The van der Waals surface area contributed by atoms with Crippen LogP contribution < -0.4 is 5.73 Å². The Morgan fingerprint density at radius 3 is 2.20 bits per heavy atom. The molecular weight excluding hydrogens is 214 g/mol. The molecule has 0 saturated heterocycles. The van der Waals surface area contributed by atoms with E-state index < -0.39 is 16.5 Å². The SMILES string of the molecule is CCCCCCCCS(O)(O)CC(N)=O. The van der Waals surface area contributed by atoms with Crippen LogP contribution in [-0.2, 0) is 4.79 Å². The Hall–Kier alpha value is -0.260. The predicted molar refractivity (Wildman–Crippen MR) is 65.2 cm³/mol. The van der Waals surface area contributed by atoms with Crippen LogP contribution in [0.1, 0.15) is 45.4 Å². The second-order valence-electron chi connectivity index (χ2n) is 3.88. The fraction of sp³-hybridized carbons (Fsp3) is 0.900. The van der Waals surface area contributed by atoms with Crippen molar-refractivity contribution in [2.24, 2.45) is 5.73 Å². The van der Waals surface area contributed by atoms with Gasteiger partial charge in [-0.2, -0.15) is 10.6 Å². The highest BCUT2D eigenvalue weighted by molar-refractivity contribution is 8.24. The van der Waals surface area contributed by atoms with Gasteiger partial charge < -0.3 is 5.73 Å². The van der Waals surface area contributed by atoms with E-state index in [1.807, 2.05) is 0 Å². The van der Waals surface area contributed by atoms with Crippen LogP contribution in [0, 0.1) is 0 Å². The van der Waals surface area contributed by atoms with E-state index in [1.165, 1.54) is 19.3 Å². The van der Waals surface area contributed by atoms with Gasteiger partial charge in [0.2, 0.25) is 5.91 Å². The molecule has 0 radical (unpaired) electrons. The predicted octanol–water partition coefficient (Wildman–Crippen LogP) is 2.58. The summed E-state index contributed by atoms with van der Waals surface area (Å²) in [5.41, 5.74) is 4.91. The Kier molecular flexibility index (Phi) is 7.82. The van der Waals surface area contributed by atoms with Crippen molar-refractivity contribution in [2.75, 3.05) is 11.5 Å². The third-order valence-corrected chi connectivity index (χ3v) is 3.89. The lowest BCUT2D eigenvalue weighted by atomic mass is 10.1. The van der Waals surface area contributed by atoms with Crippen LogP contribution in [0.5, 0.6) is 0 Å². The van der Waals surface area contributed by atoms with Crippen molar-refractivity contribution in [3.05, 3.63) is 0 Å². The van der Waals surface area contributed by atoms with E-state index >= 15 is 0 Å². The summed E-state index contributed by atoms with van der Waals surface area (Å²) >= 11 is 0. The first kappa shape index (κ1) is 14.7. The van der Waals surface area contributed by atoms with Gasteiger partial charge in [-0.25, -0.2) is 0 Å². The van der Waals surface area contributed by atoms with Crippen molar-refractivity contribution < 1.29 is 13.9 Å². The number of nitrogens with two attached hydrogens (primary N) is 1. The molecular formula is C10H23NO3S. The molecule has 0 aromatic heterocycles. The molecule has 0 atom stereocenters. The van der Waals surface area contributed by atoms with E-state index in [0.29, 0.717) is 5.75 Å². The van der Waals surface area contributed by atoms with Crippen molar-refractivity contribution in [1.82, 2.24) is 0 Å². The molecule has 0 heterocycles. The first-order chi connectivity index (χ1) is 6.98. The molecule has 0 fully saturated rings. The molecule has 5 heteroatoms. The summed E-state index contributed by atoms with van der Waals surface area (Å²) in [5, 5.41) is 0. The standard InChI is InChI=1S/C10H23NO3S/c1-2-3-4-5-6-7-8-15(13,14)9-10(11)12/h13-14H,2-9H2,1H3,(H2,11,12). The highest BCUT2D eigenvalue weighted by Crippen LogP contribution is 2.38. The summed E-state index contributed by atoms with van der Waals surface area (Å²) in [6.07, 6.45) is 6.52. The fourth-order valence-corrected chi connectivity index (χ4v) is 2.68. The lowest BCUT2D eigenvalue weighted by Crippen LogP contribution is -2.22. The van der Waals surface area contributed by atoms with Crippen LogP contribution in [0.25, 0.3) is 0 Å². The number of carbonyl (C=O) groups excluding carboxylic acids is 1. The summed E-state index contributed by atoms with van der Waals surface area (Å²) in [4.78, 5) is 10.5. The molecule has 0 aliphatic rings. The van der Waals surface area contributed by atoms with Crippen molar-refractivity contribution >= 4 is 16.5 Å². The first-order valence-electron chi connectivity index (χ1n) is 5.50. The Bertz CT molecular complexity index is 186. The van der Waals surface area contributed by atoms with Gasteiger partial charge in [0.05, 0.1) is 0 Å². The van der Waals surface area contributed by atoms with Gasteiger partial charge in [-0.3, -0.25) is 13.9 Å². The third kappa shape index (κ3) is 10.0. The molecule has 0 spiro atoms. The van der Waals surface area contributed by atoms with Crippen LogP contribution in [0.3, 0.4) is 0 Å². The number of hydrogen-bond acceptors (Lipinski definition) is 3. The number of rotatable bonds is 9. The average molecular weight is 237 g/mol. The Morgan fingerprint density at radius 2 is 1.67 bits per heavy atom. The number of carbonyl (C=O) groups is 1. The lowest BCUT2D eigenvalue weighted by Gasteiger charge is -2.30. The molecule has 0 aliphatic heterocycles. The summed E-state index contributed by atoms with van der Waals surface area (Å²) in [7, 11) is -2.75. The van der Waals surface area contributed by atoms with Crippen LogP contribution in [0.15, 0.2) is 0 Å². The normalized spacial score (nSPS) is 12.7. The van der Waals surface area contributed by atoms with Crippen LogP contribution in [0.2, 0.25) is 0 Å². The van der Waals surface area contributed by atoms with E-state index in [1.54, 1.807) is 0 Å². The first-order valence-corrected chi connectivity index (χ1v) is 7.38. The Labute approximate surface area is 93.6 Å². The van der Waals surface area contributed by atoms with E-state index in [-0.39, 0.29) is 5.75 Å². The molecule has 0 rings (SSSR count). The largest absolute Gasteiger partial charge is 0.368 e. The zero-order chi connectivity index (χ0) is 11.7. The van der Waals surface area contributed by atoms with Gasteiger partial charge in [0.25, 0.3) is 0 Å². The fourth-order valence-electron chi connectivity index (χ4n) is 1.41. The van der Waals surface area contributed by atoms with Gasteiger partial charge in [-0.1, -0.05) is 39.0 Å². The van der Waals surface area contributed by atoms with E-state index in [4.69, 9.17) is 5.73 Å². The summed E-state index contributed by atoms with van der Waals surface area (Å²) < 4.78 is 18.9. The summed E-state index contributed by atoms with van der Waals surface area (Å²) in [5.74, 6) is -0.620. The molecule has 0 aromatic rings. The zero-order valence-electron chi connectivity index (χ0n) is 9.45. The second kappa shape index (κ2) is 7.96. The molecule has 4 N–H and O–H groups in total. The second-order valence-corrected chi connectivity index (χ2v) is 6.19. The summed E-state index contributed by atoms with van der Waals surface area (Å²) in [6, 6.07) is 0. The molecule has 15 heavy (non-hydrogen) atoms. The van der Waals surface area contributed by atoms with Crippen molar-refractivity contribution in [3.8, 4) is 0 Å². The molecule has 0 aromatic carbocycles. The topological polar surface area (TPSA) is 83.6 Å². The molecule has 0 unspecified atom stereocenters. The quantitative estimate of drug-likeness (QED) is 0.539. The Morgan fingerprint density at radius 1 is 1.13 bits per heavy atom. The molecule has 0 saturated carbocycles. The molecule has 0 bridgehead atoms.